The number of carbonyl (C=O) groups is 3. The molecule has 30 heavy (non-hydrogen) atoms. The van der Waals surface area contributed by atoms with E-state index >= 15 is 0 Å². The van der Waals surface area contributed by atoms with Crippen molar-refractivity contribution in [1.82, 2.24) is 5.32 Å². The van der Waals surface area contributed by atoms with Crippen molar-refractivity contribution < 1.29 is 14.4 Å². The van der Waals surface area contributed by atoms with Crippen molar-refractivity contribution in [2.24, 2.45) is 5.92 Å². The molecule has 7 heteroatoms. The summed E-state index contributed by atoms with van der Waals surface area (Å²) in [6.45, 7) is 7.84. The van der Waals surface area contributed by atoms with E-state index in [2.05, 4.69) is 21.3 Å². The first-order chi connectivity index (χ1) is 14.2. The van der Waals surface area contributed by atoms with E-state index in [4.69, 9.17) is 0 Å². The number of hydrogen-bond acceptors (Lipinski definition) is 4. The number of amides is 3. The number of anilines is 3. The Bertz CT molecular complexity index is 876. The Hall–Kier alpha value is -3.35. The maximum Gasteiger partial charge on any atom is 0.251 e. The Morgan fingerprint density at radius 3 is 2.07 bits per heavy atom. The molecule has 2 rings (SSSR count). The van der Waals surface area contributed by atoms with E-state index in [1.165, 1.54) is 0 Å². The molecule has 0 heterocycles. The third-order valence-corrected chi connectivity index (χ3v) is 4.04. The van der Waals surface area contributed by atoms with Gasteiger partial charge in [0.15, 0.2) is 0 Å². The molecule has 0 aliphatic carbocycles. The molecule has 0 aliphatic heterocycles. The van der Waals surface area contributed by atoms with Crippen LogP contribution < -0.4 is 21.3 Å². The van der Waals surface area contributed by atoms with E-state index < -0.39 is 0 Å². The molecule has 0 saturated carbocycles. The molecule has 4 N–H and O–H groups in total. The average molecular weight is 411 g/mol. The fraction of sp³-hybridized carbons (Fsp3) is 0.348. The predicted molar refractivity (Wildman–Crippen MR) is 121 cm³/mol. The van der Waals surface area contributed by atoms with Crippen molar-refractivity contribution in [3.63, 3.8) is 0 Å². The molecular weight excluding hydrogens is 380 g/mol. The standard InChI is InChI=1S/C23H30N4O3/c1-15(2)12-21(28)26-19-10-8-18(9-11-19)24-14-22(29)27-20-7-5-6-17(13-20)23(30)25-16(3)4/h5-11,13,15-16,24H,12,14H2,1-4H3,(H,25,30)(H,26,28)(H,27,29). The molecule has 0 radical (unpaired) electrons. The Balaban J connectivity index is 1.85. The van der Waals surface area contributed by atoms with Gasteiger partial charge in [0.25, 0.3) is 5.91 Å². The van der Waals surface area contributed by atoms with E-state index in [1.54, 1.807) is 48.5 Å². The molecule has 0 aliphatic rings. The first kappa shape index (κ1) is 22.9. The quantitative estimate of drug-likeness (QED) is 0.504. The highest BCUT2D eigenvalue weighted by atomic mass is 16.2. The number of rotatable bonds is 9. The van der Waals surface area contributed by atoms with Crippen LogP contribution in [-0.2, 0) is 9.59 Å². The van der Waals surface area contributed by atoms with Crippen LogP contribution in [0.15, 0.2) is 48.5 Å². The van der Waals surface area contributed by atoms with E-state index in [0.717, 1.165) is 5.69 Å². The van der Waals surface area contributed by atoms with Gasteiger partial charge in [0.1, 0.15) is 0 Å². The molecule has 0 spiro atoms. The first-order valence-corrected chi connectivity index (χ1v) is 10.1. The van der Waals surface area contributed by atoms with Gasteiger partial charge in [-0.15, -0.1) is 0 Å². The summed E-state index contributed by atoms with van der Waals surface area (Å²) in [4.78, 5) is 36.1. The molecule has 0 saturated heterocycles. The fourth-order valence-corrected chi connectivity index (χ4v) is 2.73. The molecule has 2 aromatic carbocycles. The summed E-state index contributed by atoms with van der Waals surface area (Å²) in [7, 11) is 0. The van der Waals surface area contributed by atoms with Crippen molar-refractivity contribution in [2.45, 2.75) is 40.2 Å². The number of benzene rings is 2. The van der Waals surface area contributed by atoms with Gasteiger partial charge in [-0.2, -0.15) is 0 Å². The zero-order chi connectivity index (χ0) is 22.1. The van der Waals surface area contributed by atoms with Crippen molar-refractivity contribution in [3.05, 3.63) is 54.1 Å². The van der Waals surface area contributed by atoms with E-state index in [9.17, 15) is 14.4 Å². The maximum atomic E-state index is 12.2. The second-order valence-corrected chi connectivity index (χ2v) is 7.83. The first-order valence-electron chi connectivity index (χ1n) is 10.1. The Morgan fingerprint density at radius 2 is 1.43 bits per heavy atom. The molecule has 0 fully saturated rings. The lowest BCUT2D eigenvalue weighted by Gasteiger charge is -2.11. The zero-order valence-electron chi connectivity index (χ0n) is 17.9. The number of carbonyl (C=O) groups excluding carboxylic acids is 3. The molecule has 0 atom stereocenters. The van der Waals surface area contributed by atoms with Gasteiger partial charge in [-0.3, -0.25) is 14.4 Å². The molecule has 7 nitrogen and oxygen atoms in total. The smallest absolute Gasteiger partial charge is 0.251 e. The van der Waals surface area contributed by atoms with Crippen LogP contribution in [0.25, 0.3) is 0 Å². The highest BCUT2D eigenvalue weighted by Crippen LogP contribution is 2.15. The molecular formula is C23H30N4O3. The molecule has 0 unspecified atom stereocenters. The maximum absolute atomic E-state index is 12.2. The van der Waals surface area contributed by atoms with Crippen LogP contribution in [0.4, 0.5) is 17.1 Å². The third kappa shape index (κ3) is 7.95. The van der Waals surface area contributed by atoms with Crippen LogP contribution in [0, 0.1) is 5.92 Å². The van der Waals surface area contributed by atoms with Crippen molar-refractivity contribution >= 4 is 34.8 Å². The van der Waals surface area contributed by atoms with Crippen LogP contribution in [0.5, 0.6) is 0 Å². The van der Waals surface area contributed by atoms with E-state index in [1.807, 2.05) is 27.7 Å². The summed E-state index contributed by atoms with van der Waals surface area (Å²) >= 11 is 0. The molecule has 0 bridgehead atoms. The Morgan fingerprint density at radius 1 is 0.800 bits per heavy atom. The van der Waals surface area contributed by atoms with Gasteiger partial charge in [0.2, 0.25) is 11.8 Å². The topological polar surface area (TPSA) is 99.3 Å². The van der Waals surface area contributed by atoms with Crippen molar-refractivity contribution in [2.75, 3.05) is 22.5 Å². The number of hydrogen-bond donors (Lipinski definition) is 4. The second kappa shape index (κ2) is 11.0. The van der Waals surface area contributed by atoms with Gasteiger partial charge in [0.05, 0.1) is 6.54 Å². The van der Waals surface area contributed by atoms with E-state index in [0.29, 0.717) is 29.3 Å². The fourth-order valence-electron chi connectivity index (χ4n) is 2.73. The molecule has 2 aromatic rings. The minimum Gasteiger partial charge on any atom is -0.376 e. The minimum atomic E-state index is -0.231. The molecule has 3 amide bonds. The average Bonchev–Trinajstić information content (AvgIpc) is 2.66. The van der Waals surface area contributed by atoms with Gasteiger partial charge in [0, 0.05) is 35.1 Å². The lowest BCUT2D eigenvalue weighted by atomic mass is 10.1. The Labute approximate surface area is 177 Å². The van der Waals surface area contributed by atoms with Gasteiger partial charge >= 0.3 is 0 Å². The predicted octanol–water partition coefficient (Wildman–Crippen LogP) is 3.86. The largest absolute Gasteiger partial charge is 0.376 e. The number of nitrogens with one attached hydrogen (secondary N) is 4. The Kier molecular flexibility index (Phi) is 8.41. The summed E-state index contributed by atoms with van der Waals surface area (Å²) in [6.07, 6.45) is 0.473. The molecule has 0 aromatic heterocycles. The van der Waals surface area contributed by atoms with Crippen LogP contribution in [0.3, 0.4) is 0 Å². The highest BCUT2D eigenvalue weighted by Gasteiger charge is 2.09. The zero-order valence-corrected chi connectivity index (χ0v) is 17.9. The molecule has 160 valence electrons. The van der Waals surface area contributed by atoms with E-state index in [-0.39, 0.29) is 30.3 Å². The van der Waals surface area contributed by atoms with Gasteiger partial charge in [-0.1, -0.05) is 19.9 Å². The summed E-state index contributed by atoms with van der Waals surface area (Å²) in [5.74, 6) is -0.130. The van der Waals surface area contributed by atoms with Crippen molar-refractivity contribution in [3.8, 4) is 0 Å². The SMILES string of the molecule is CC(C)CC(=O)Nc1ccc(NCC(=O)Nc2cccc(C(=O)NC(C)C)c2)cc1. The lowest BCUT2D eigenvalue weighted by molar-refractivity contribution is -0.117. The highest BCUT2D eigenvalue weighted by molar-refractivity contribution is 5.98. The monoisotopic (exact) mass is 410 g/mol. The van der Waals surface area contributed by atoms with Crippen molar-refractivity contribution in [1.29, 1.82) is 0 Å². The third-order valence-electron chi connectivity index (χ3n) is 4.04. The summed E-state index contributed by atoms with van der Waals surface area (Å²) in [5, 5.41) is 11.5. The summed E-state index contributed by atoms with van der Waals surface area (Å²) < 4.78 is 0. The van der Waals surface area contributed by atoms with Crippen LogP contribution in [0.2, 0.25) is 0 Å². The van der Waals surface area contributed by atoms with Gasteiger partial charge < -0.3 is 21.3 Å². The normalized spacial score (nSPS) is 10.6. The summed E-state index contributed by atoms with van der Waals surface area (Å²) in [5.41, 5.74) is 2.52. The van der Waals surface area contributed by atoms with Gasteiger partial charge in [-0.05, 0) is 62.2 Å². The van der Waals surface area contributed by atoms with Gasteiger partial charge in [-0.25, -0.2) is 0 Å². The second-order valence-electron chi connectivity index (χ2n) is 7.83. The van der Waals surface area contributed by atoms with Crippen LogP contribution >= 0.6 is 0 Å². The minimum absolute atomic E-state index is 0.0191. The summed E-state index contributed by atoms with van der Waals surface area (Å²) in [6, 6.07) is 14.0. The van der Waals surface area contributed by atoms with Crippen LogP contribution in [0.1, 0.15) is 44.5 Å². The lowest BCUT2D eigenvalue weighted by Crippen LogP contribution is -2.30. The van der Waals surface area contributed by atoms with Crippen LogP contribution in [-0.4, -0.2) is 30.3 Å².